The zero-order valence-electron chi connectivity index (χ0n) is 21.9. The largest absolute Gasteiger partial charge is 0.492 e. The van der Waals surface area contributed by atoms with Crippen molar-refractivity contribution in [2.75, 3.05) is 39.3 Å². The Morgan fingerprint density at radius 1 is 0.943 bits per heavy atom. The molecular formula is C31H44N2O2. The smallest absolute Gasteiger partial charge is 0.222 e. The molecule has 1 amide bonds. The van der Waals surface area contributed by atoms with Crippen LogP contribution in [0.15, 0.2) is 54.6 Å². The van der Waals surface area contributed by atoms with Crippen molar-refractivity contribution in [3.8, 4) is 5.75 Å². The summed E-state index contributed by atoms with van der Waals surface area (Å²) in [6.07, 6.45) is 8.49. The van der Waals surface area contributed by atoms with Gasteiger partial charge >= 0.3 is 0 Å². The number of ether oxygens (including phenoxy) is 1. The highest BCUT2D eigenvalue weighted by Crippen LogP contribution is 2.38. The number of likely N-dealkylation sites (tertiary alicyclic amines) is 1. The van der Waals surface area contributed by atoms with Gasteiger partial charge in [0.15, 0.2) is 0 Å². The molecule has 0 N–H and O–H groups in total. The van der Waals surface area contributed by atoms with E-state index in [0.717, 1.165) is 70.8 Å². The number of hydrogen-bond donors (Lipinski definition) is 0. The zero-order chi connectivity index (χ0) is 24.5. The van der Waals surface area contributed by atoms with Gasteiger partial charge in [-0.1, -0.05) is 68.8 Å². The molecule has 4 nitrogen and oxygen atoms in total. The van der Waals surface area contributed by atoms with E-state index < -0.39 is 0 Å². The van der Waals surface area contributed by atoms with Gasteiger partial charge in [-0.2, -0.15) is 0 Å². The number of aryl methyl sites for hydroxylation is 2. The van der Waals surface area contributed by atoms with Crippen LogP contribution in [0.4, 0.5) is 0 Å². The summed E-state index contributed by atoms with van der Waals surface area (Å²) in [5, 5.41) is 0. The van der Waals surface area contributed by atoms with Gasteiger partial charge in [0.1, 0.15) is 12.4 Å². The van der Waals surface area contributed by atoms with Crippen LogP contribution in [-0.2, 0) is 17.6 Å². The van der Waals surface area contributed by atoms with E-state index in [9.17, 15) is 4.79 Å². The number of fused-ring (bicyclic) bond motifs is 1. The molecule has 1 spiro atoms. The maximum atomic E-state index is 13.0. The van der Waals surface area contributed by atoms with Crippen molar-refractivity contribution in [2.45, 2.75) is 65.2 Å². The highest BCUT2D eigenvalue weighted by Gasteiger charge is 2.37. The summed E-state index contributed by atoms with van der Waals surface area (Å²) < 4.78 is 6.27. The first kappa shape index (κ1) is 25.8. The molecule has 4 heteroatoms. The van der Waals surface area contributed by atoms with E-state index in [1.54, 1.807) is 0 Å². The number of rotatable bonds is 5. The fraction of sp³-hybridized carbons (Fsp3) is 0.581. The van der Waals surface area contributed by atoms with Crippen molar-refractivity contribution in [1.82, 2.24) is 9.80 Å². The molecule has 0 aromatic heterocycles. The van der Waals surface area contributed by atoms with Gasteiger partial charge in [0.05, 0.1) is 0 Å². The van der Waals surface area contributed by atoms with Crippen LogP contribution < -0.4 is 4.74 Å². The van der Waals surface area contributed by atoms with Crippen LogP contribution in [0.3, 0.4) is 0 Å². The number of amides is 1. The first-order valence-electron chi connectivity index (χ1n) is 13.8. The lowest BCUT2D eigenvalue weighted by Gasteiger charge is -2.45. The average Bonchev–Trinajstić information content (AvgIpc) is 2.86. The Morgan fingerprint density at radius 2 is 1.69 bits per heavy atom. The third-order valence-corrected chi connectivity index (χ3v) is 7.87. The van der Waals surface area contributed by atoms with E-state index in [0.29, 0.717) is 23.7 Å². The summed E-state index contributed by atoms with van der Waals surface area (Å²) >= 11 is 0. The Bertz CT molecular complexity index is 919. The van der Waals surface area contributed by atoms with Crippen molar-refractivity contribution in [3.63, 3.8) is 0 Å². The van der Waals surface area contributed by atoms with Crippen LogP contribution >= 0.6 is 0 Å². The Morgan fingerprint density at radius 3 is 2.46 bits per heavy atom. The van der Waals surface area contributed by atoms with E-state index >= 15 is 0 Å². The molecule has 2 heterocycles. The third kappa shape index (κ3) is 7.57. The predicted octanol–water partition coefficient (Wildman–Crippen LogP) is 5.99. The molecule has 2 aromatic carbocycles. The van der Waals surface area contributed by atoms with E-state index in [1.165, 1.54) is 30.4 Å². The molecule has 0 aliphatic carbocycles. The molecule has 190 valence electrons. The second-order valence-corrected chi connectivity index (χ2v) is 11.2. The summed E-state index contributed by atoms with van der Waals surface area (Å²) in [7, 11) is 0. The number of benzene rings is 2. The van der Waals surface area contributed by atoms with E-state index in [-0.39, 0.29) is 0 Å². The van der Waals surface area contributed by atoms with Crippen molar-refractivity contribution < 1.29 is 9.53 Å². The molecule has 35 heavy (non-hydrogen) atoms. The fourth-order valence-electron chi connectivity index (χ4n) is 5.95. The summed E-state index contributed by atoms with van der Waals surface area (Å²) in [5.41, 5.74) is 2.90. The van der Waals surface area contributed by atoms with Crippen molar-refractivity contribution >= 4 is 5.91 Å². The summed E-state index contributed by atoms with van der Waals surface area (Å²) in [6.45, 7) is 10.4. The number of hydrogen-bond acceptors (Lipinski definition) is 3. The maximum absolute atomic E-state index is 13.0. The second kappa shape index (κ2) is 12.6. The van der Waals surface area contributed by atoms with Crippen LogP contribution in [-0.4, -0.2) is 55.0 Å². The SMILES string of the molecule is CC(C)CN1CCOc2ccccc2CCCCC2(CCN(C(=O)CCc3ccccc3)CC2)C1. The maximum Gasteiger partial charge on any atom is 0.222 e. The van der Waals surface area contributed by atoms with Gasteiger partial charge in [-0.15, -0.1) is 0 Å². The van der Waals surface area contributed by atoms with E-state index in [2.05, 4.69) is 72.2 Å². The second-order valence-electron chi connectivity index (χ2n) is 11.2. The van der Waals surface area contributed by atoms with Gasteiger partial charge in [0.25, 0.3) is 0 Å². The van der Waals surface area contributed by atoms with Crippen molar-refractivity contribution in [1.29, 1.82) is 0 Å². The summed E-state index contributed by atoms with van der Waals surface area (Å²) in [6, 6.07) is 18.9. The minimum Gasteiger partial charge on any atom is -0.492 e. The van der Waals surface area contributed by atoms with E-state index in [4.69, 9.17) is 4.74 Å². The quantitative estimate of drug-likeness (QED) is 0.531. The first-order valence-corrected chi connectivity index (χ1v) is 13.8. The van der Waals surface area contributed by atoms with Gasteiger partial charge < -0.3 is 9.64 Å². The summed E-state index contributed by atoms with van der Waals surface area (Å²) in [4.78, 5) is 17.8. The molecule has 0 atom stereocenters. The molecule has 4 rings (SSSR count). The molecular weight excluding hydrogens is 432 g/mol. The first-order chi connectivity index (χ1) is 17.0. The molecule has 0 unspecified atom stereocenters. The molecule has 0 bridgehead atoms. The van der Waals surface area contributed by atoms with Crippen molar-refractivity contribution in [2.24, 2.45) is 11.3 Å². The summed E-state index contributed by atoms with van der Waals surface area (Å²) in [5.74, 6) is 2.02. The molecule has 2 aliphatic heterocycles. The number of carbonyl (C=O) groups is 1. The van der Waals surface area contributed by atoms with Crippen LogP contribution in [0.25, 0.3) is 0 Å². The van der Waals surface area contributed by atoms with Gasteiger partial charge in [0, 0.05) is 39.1 Å². The zero-order valence-corrected chi connectivity index (χ0v) is 21.9. The Kier molecular flexibility index (Phi) is 9.25. The minimum absolute atomic E-state index is 0.309. The highest BCUT2D eigenvalue weighted by atomic mass is 16.5. The van der Waals surface area contributed by atoms with Crippen molar-refractivity contribution in [3.05, 3.63) is 65.7 Å². The minimum atomic E-state index is 0.309. The average molecular weight is 477 g/mol. The van der Waals surface area contributed by atoms with Gasteiger partial charge in [-0.3, -0.25) is 9.69 Å². The lowest BCUT2D eigenvalue weighted by Crippen LogP contribution is -2.49. The topological polar surface area (TPSA) is 32.8 Å². The lowest BCUT2D eigenvalue weighted by molar-refractivity contribution is -0.133. The Hall–Kier alpha value is -2.33. The number of para-hydroxylation sites is 1. The molecule has 2 aromatic rings. The Labute approximate surface area is 212 Å². The monoisotopic (exact) mass is 476 g/mol. The molecule has 1 fully saturated rings. The number of carbonyl (C=O) groups excluding carboxylic acids is 1. The molecule has 0 saturated carbocycles. The van der Waals surface area contributed by atoms with Gasteiger partial charge in [0.2, 0.25) is 5.91 Å². The van der Waals surface area contributed by atoms with Crippen LogP contribution in [0, 0.1) is 11.3 Å². The lowest BCUT2D eigenvalue weighted by atomic mass is 9.73. The standard InChI is InChI=1S/C31H44N2O2/c1-26(2)24-32-22-23-35-29-14-7-6-12-28(29)13-8-9-17-31(25-32)18-20-33(21-19-31)30(34)16-15-27-10-4-3-5-11-27/h3-7,10-12,14,26H,8-9,13,15-25H2,1-2H3. The number of piperidine rings is 1. The van der Waals surface area contributed by atoms with Gasteiger partial charge in [-0.25, -0.2) is 0 Å². The molecule has 0 radical (unpaired) electrons. The predicted molar refractivity (Wildman–Crippen MR) is 144 cm³/mol. The van der Waals surface area contributed by atoms with E-state index in [1.807, 2.05) is 6.07 Å². The number of nitrogens with zero attached hydrogens (tertiary/aromatic N) is 2. The highest BCUT2D eigenvalue weighted by molar-refractivity contribution is 5.76. The third-order valence-electron chi connectivity index (χ3n) is 7.87. The van der Waals surface area contributed by atoms with Crippen LogP contribution in [0.2, 0.25) is 0 Å². The molecule has 2 aliphatic rings. The van der Waals surface area contributed by atoms with Crippen LogP contribution in [0.1, 0.15) is 63.5 Å². The Balaban J connectivity index is 1.39. The normalized spacial score (nSPS) is 19.5. The van der Waals surface area contributed by atoms with Gasteiger partial charge in [-0.05, 0) is 67.1 Å². The molecule has 1 saturated heterocycles. The van der Waals surface area contributed by atoms with Crippen LogP contribution in [0.5, 0.6) is 5.75 Å². The fourth-order valence-corrected chi connectivity index (χ4v) is 5.95.